The standard InChI is InChI=1S/C33H29BrF3N3O3S.C21H22N2O2/c34-28-20-25(30-38-26(22-44-30)19-23-9-3-1-4-10-23)15-16-29(28)40(31(41)33(35,36)37)18-8-14-27-13-7-17-39(27)32(42)43-21-24-11-5-2-6-12-24;24-21(25-15-16-7-2-1-3-8-16)20(18-10-6-13-22-18)23-14-12-17-9-4-5-11-19(17)23/h1-6,8-12,14-16,20,22,27H,7,13,17-19,21H2;1-5,7-9,11-12,14,18,20,22H,6,10,13,15H2/t27-;/m1./s1. The van der Waals surface area contributed by atoms with Crippen LogP contribution >= 0.6 is 27.3 Å². The van der Waals surface area contributed by atoms with Crippen molar-refractivity contribution in [2.24, 2.45) is 0 Å². The third-order valence-electron chi connectivity index (χ3n) is 12.0. The number of amides is 2. The monoisotopic (exact) mass is 1020 g/mol. The SMILES string of the molecule is O=C(OCc1ccccc1)C(C1CCCN1)n1ccc2ccccc21.O=C(OCc1ccccc1)N1CCC[C@@H]1C=CCN(C(=O)C(F)(F)F)c1ccc(-c2nc(Cc3ccccc3)cs2)cc1Br. The van der Waals surface area contributed by atoms with Gasteiger partial charge in [0.25, 0.3) is 0 Å². The molecule has 0 aliphatic carbocycles. The van der Waals surface area contributed by atoms with Crippen LogP contribution in [0.5, 0.6) is 0 Å². The Bertz CT molecular complexity index is 2840. The number of alkyl halides is 3. The first-order valence-electron chi connectivity index (χ1n) is 22.8. The summed E-state index contributed by atoms with van der Waals surface area (Å²) < 4.78 is 54.5. The van der Waals surface area contributed by atoms with Crippen molar-refractivity contribution in [3.63, 3.8) is 0 Å². The van der Waals surface area contributed by atoms with E-state index in [1.165, 1.54) is 23.5 Å². The van der Waals surface area contributed by atoms with Gasteiger partial charge in [0.05, 0.1) is 17.4 Å². The molecule has 7 aromatic rings. The van der Waals surface area contributed by atoms with Crippen molar-refractivity contribution in [2.45, 2.75) is 69.6 Å². The Kier molecular flexibility index (Phi) is 16.4. The largest absolute Gasteiger partial charge is 0.471 e. The number of esters is 1. The highest BCUT2D eigenvalue weighted by atomic mass is 79.9. The number of ether oxygens (including phenoxy) is 2. The zero-order chi connectivity index (χ0) is 48.2. The molecule has 0 spiro atoms. The summed E-state index contributed by atoms with van der Waals surface area (Å²) in [4.78, 5) is 45.1. The van der Waals surface area contributed by atoms with Crippen molar-refractivity contribution in [1.82, 2.24) is 19.8 Å². The van der Waals surface area contributed by atoms with Gasteiger partial charge >= 0.3 is 24.1 Å². The number of anilines is 1. The van der Waals surface area contributed by atoms with Crippen LogP contribution in [-0.4, -0.2) is 70.3 Å². The van der Waals surface area contributed by atoms with Crippen LogP contribution < -0.4 is 10.2 Å². The number of benzene rings is 5. The van der Waals surface area contributed by atoms with Crippen molar-refractivity contribution >= 4 is 61.8 Å². The number of fused-ring (bicyclic) bond motifs is 1. The minimum atomic E-state index is -5.08. The second kappa shape index (κ2) is 23.2. The maximum Gasteiger partial charge on any atom is 0.471 e. The second-order valence-corrected chi connectivity index (χ2v) is 18.5. The van der Waals surface area contributed by atoms with Gasteiger partial charge in [0.1, 0.15) is 24.3 Å². The molecule has 9 rings (SSSR count). The number of nitrogens with one attached hydrogen (secondary N) is 1. The van der Waals surface area contributed by atoms with E-state index in [1.807, 2.05) is 115 Å². The number of aromatic nitrogens is 2. The molecule has 2 amide bonds. The first-order valence-corrected chi connectivity index (χ1v) is 24.5. The zero-order valence-electron chi connectivity index (χ0n) is 37.6. The summed E-state index contributed by atoms with van der Waals surface area (Å²) in [7, 11) is 0. The molecule has 15 heteroatoms. The molecule has 5 aromatic carbocycles. The molecular weight excluding hydrogens is 968 g/mol. The Morgan fingerprint density at radius 2 is 1.49 bits per heavy atom. The van der Waals surface area contributed by atoms with E-state index in [4.69, 9.17) is 14.5 Å². The Morgan fingerprint density at radius 1 is 0.826 bits per heavy atom. The number of carbonyl (C=O) groups is 3. The first kappa shape index (κ1) is 48.9. The van der Waals surface area contributed by atoms with E-state index < -0.39 is 18.2 Å². The molecule has 2 aliphatic rings. The van der Waals surface area contributed by atoms with E-state index >= 15 is 0 Å². The third kappa shape index (κ3) is 12.8. The quantitative estimate of drug-likeness (QED) is 0.0854. The summed E-state index contributed by atoms with van der Waals surface area (Å²) in [5.41, 5.74) is 5.74. The maximum absolute atomic E-state index is 13.7. The van der Waals surface area contributed by atoms with Crippen LogP contribution in [0.3, 0.4) is 0 Å². The molecule has 4 heterocycles. The van der Waals surface area contributed by atoms with Gasteiger partial charge < -0.3 is 24.3 Å². The van der Waals surface area contributed by atoms with Crippen LogP contribution in [0.25, 0.3) is 21.5 Å². The van der Waals surface area contributed by atoms with Gasteiger partial charge in [-0.05, 0) is 101 Å². The van der Waals surface area contributed by atoms with Gasteiger partial charge in [0.15, 0.2) is 0 Å². The Labute approximate surface area is 411 Å². The van der Waals surface area contributed by atoms with Crippen LogP contribution in [0, 0.1) is 0 Å². The highest BCUT2D eigenvalue weighted by Gasteiger charge is 2.43. The minimum Gasteiger partial charge on any atom is -0.459 e. The number of hydrogen-bond donors (Lipinski definition) is 1. The lowest BCUT2D eigenvalue weighted by Crippen LogP contribution is -2.41. The van der Waals surface area contributed by atoms with Crippen molar-refractivity contribution in [3.05, 3.63) is 190 Å². The summed E-state index contributed by atoms with van der Waals surface area (Å²) in [6.07, 6.45) is 3.71. The van der Waals surface area contributed by atoms with Gasteiger partial charge in [-0.1, -0.05) is 121 Å². The van der Waals surface area contributed by atoms with Gasteiger partial charge in [-0.3, -0.25) is 9.69 Å². The minimum absolute atomic E-state index is 0.0762. The van der Waals surface area contributed by atoms with E-state index in [0.29, 0.717) is 35.4 Å². The van der Waals surface area contributed by atoms with Gasteiger partial charge in [-0.25, -0.2) is 14.6 Å². The van der Waals surface area contributed by atoms with Gasteiger partial charge in [0, 0.05) is 52.7 Å². The van der Waals surface area contributed by atoms with E-state index in [1.54, 1.807) is 23.1 Å². The number of hydrogen-bond acceptors (Lipinski definition) is 8. The molecule has 0 saturated carbocycles. The van der Waals surface area contributed by atoms with Crippen LogP contribution in [0.2, 0.25) is 0 Å². The number of likely N-dealkylation sites (tertiary alicyclic amines) is 1. The smallest absolute Gasteiger partial charge is 0.459 e. The highest BCUT2D eigenvalue weighted by Crippen LogP contribution is 2.35. The number of thiazole rings is 1. The van der Waals surface area contributed by atoms with Crippen LogP contribution in [0.4, 0.5) is 23.7 Å². The highest BCUT2D eigenvalue weighted by molar-refractivity contribution is 9.10. The Morgan fingerprint density at radius 3 is 2.16 bits per heavy atom. The molecule has 2 aliphatic heterocycles. The van der Waals surface area contributed by atoms with Crippen LogP contribution in [0.15, 0.2) is 168 Å². The summed E-state index contributed by atoms with van der Waals surface area (Å²) in [6.45, 7) is 1.52. The lowest BCUT2D eigenvalue weighted by Gasteiger charge is -2.25. The summed E-state index contributed by atoms with van der Waals surface area (Å²) in [5.74, 6) is -2.16. The first-order chi connectivity index (χ1) is 33.5. The van der Waals surface area contributed by atoms with Crippen molar-refractivity contribution in [1.29, 1.82) is 0 Å². The Balaban J connectivity index is 0.000000216. The van der Waals surface area contributed by atoms with Gasteiger partial charge in [0.2, 0.25) is 0 Å². The van der Waals surface area contributed by atoms with E-state index in [-0.39, 0.29) is 42.9 Å². The van der Waals surface area contributed by atoms with E-state index in [0.717, 1.165) is 69.7 Å². The number of para-hydroxylation sites is 1. The zero-order valence-corrected chi connectivity index (χ0v) is 40.0. The summed E-state index contributed by atoms with van der Waals surface area (Å²) >= 11 is 4.83. The predicted octanol–water partition coefficient (Wildman–Crippen LogP) is 12.1. The molecule has 0 radical (unpaired) electrons. The van der Waals surface area contributed by atoms with Gasteiger partial charge in [-0.15, -0.1) is 11.3 Å². The second-order valence-electron chi connectivity index (χ2n) is 16.8. The molecule has 69 heavy (non-hydrogen) atoms. The fraction of sp³-hybridized carbons (Fsp3) is 0.259. The molecule has 2 fully saturated rings. The molecular formula is C54H51BrF3N5O5S. The van der Waals surface area contributed by atoms with Crippen molar-refractivity contribution in [3.8, 4) is 10.6 Å². The normalized spacial score (nSPS) is 16.3. The van der Waals surface area contributed by atoms with Crippen LogP contribution in [0.1, 0.15) is 54.1 Å². The third-order valence-corrected chi connectivity index (χ3v) is 13.6. The molecule has 2 unspecified atom stereocenters. The lowest BCUT2D eigenvalue weighted by molar-refractivity contribution is -0.170. The lowest BCUT2D eigenvalue weighted by atomic mass is 10.1. The number of carbonyl (C=O) groups excluding carboxylic acids is 3. The van der Waals surface area contributed by atoms with Crippen molar-refractivity contribution in [2.75, 3.05) is 24.5 Å². The topological polar surface area (TPSA) is 106 Å². The van der Waals surface area contributed by atoms with Gasteiger partial charge in [-0.2, -0.15) is 13.2 Å². The number of rotatable bonds is 14. The van der Waals surface area contributed by atoms with Crippen molar-refractivity contribution < 1.29 is 37.0 Å². The fourth-order valence-corrected chi connectivity index (χ4v) is 10.00. The summed E-state index contributed by atoms with van der Waals surface area (Å²) in [5, 5.41) is 7.28. The predicted molar refractivity (Wildman–Crippen MR) is 267 cm³/mol. The number of halogens is 4. The molecule has 10 nitrogen and oxygen atoms in total. The fourth-order valence-electron chi connectivity index (χ4n) is 8.59. The number of nitrogens with zero attached hydrogens (tertiary/aromatic N) is 4. The average Bonchev–Trinajstić information content (AvgIpc) is 4.22. The summed E-state index contributed by atoms with van der Waals surface area (Å²) in [6, 6.07) is 43.5. The molecule has 1 N–H and O–H groups in total. The molecule has 0 bridgehead atoms. The maximum atomic E-state index is 13.7. The molecule has 356 valence electrons. The average molecular weight is 1020 g/mol. The molecule has 2 aromatic heterocycles. The molecule has 2 saturated heterocycles. The van der Waals surface area contributed by atoms with E-state index in [2.05, 4.69) is 44.0 Å². The molecule has 3 atom stereocenters. The van der Waals surface area contributed by atoms with E-state index in [9.17, 15) is 27.6 Å². The Hall–Kier alpha value is -6.55. The van der Waals surface area contributed by atoms with Crippen LogP contribution in [-0.2, 0) is 38.7 Å².